The summed E-state index contributed by atoms with van der Waals surface area (Å²) >= 11 is 3.33. The first-order valence-corrected chi connectivity index (χ1v) is 5.93. The molecule has 1 aromatic heterocycles. The molecule has 1 aromatic carbocycles. The van der Waals surface area contributed by atoms with Gasteiger partial charge in [-0.25, -0.2) is 4.98 Å². The second-order valence-corrected chi connectivity index (χ2v) is 4.36. The van der Waals surface area contributed by atoms with Gasteiger partial charge in [0.05, 0.1) is 0 Å². The maximum absolute atomic E-state index is 11.7. The van der Waals surface area contributed by atoms with Crippen LogP contribution < -0.4 is 5.32 Å². The molecule has 2 rings (SSSR count). The van der Waals surface area contributed by atoms with Crippen LogP contribution in [-0.2, 0) is 6.42 Å². The lowest BCUT2D eigenvalue weighted by molar-refractivity contribution is 0.0954. The molecule has 0 saturated heterocycles. The van der Waals surface area contributed by atoms with Gasteiger partial charge in [-0.2, -0.15) is 5.10 Å². The molecular weight excluding hydrogens is 284 g/mol. The van der Waals surface area contributed by atoms with Gasteiger partial charge in [0.2, 0.25) is 0 Å². The monoisotopic (exact) mass is 294 g/mol. The molecule has 0 radical (unpaired) electrons. The fourth-order valence-electron chi connectivity index (χ4n) is 1.38. The molecule has 0 unspecified atom stereocenters. The summed E-state index contributed by atoms with van der Waals surface area (Å²) in [4.78, 5) is 15.7. The molecule has 1 amide bonds. The Balaban J connectivity index is 1.85. The summed E-state index contributed by atoms with van der Waals surface area (Å²) in [6.07, 6.45) is 2.09. The van der Waals surface area contributed by atoms with E-state index in [1.807, 2.05) is 12.1 Å². The molecule has 2 aromatic rings. The third kappa shape index (κ3) is 3.39. The predicted molar refractivity (Wildman–Crippen MR) is 66.6 cm³/mol. The van der Waals surface area contributed by atoms with E-state index in [9.17, 15) is 4.79 Å². The van der Waals surface area contributed by atoms with E-state index in [1.165, 1.54) is 6.33 Å². The number of benzene rings is 1. The highest BCUT2D eigenvalue weighted by molar-refractivity contribution is 9.10. The van der Waals surface area contributed by atoms with E-state index in [0.717, 1.165) is 10.3 Å². The van der Waals surface area contributed by atoms with E-state index >= 15 is 0 Å². The van der Waals surface area contributed by atoms with Gasteiger partial charge in [0, 0.05) is 23.0 Å². The van der Waals surface area contributed by atoms with E-state index in [2.05, 4.69) is 36.4 Å². The van der Waals surface area contributed by atoms with Crippen LogP contribution in [0.4, 0.5) is 0 Å². The number of hydrogen-bond donors (Lipinski definition) is 2. The lowest BCUT2D eigenvalue weighted by Gasteiger charge is -2.04. The van der Waals surface area contributed by atoms with Crippen molar-refractivity contribution in [1.29, 1.82) is 0 Å². The SMILES string of the molecule is O=C(NCCc1ncn[nH]1)c1cccc(Br)c1. The van der Waals surface area contributed by atoms with Crippen molar-refractivity contribution in [2.75, 3.05) is 6.54 Å². The van der Waals surface area contributed by atoms with Crippen LogP contribution in [0.5, 0.6) is 0 Å². The van der Waals surface area contributed by atoms with E-state index in [-0.39, 0.29) is 5.91 Å². The topological polar surface area (TPSA) is 70.7 Å². The van der Waals surface area contributed by atoms with Crippen LogP contribution in [0.25, 0.3) is 0 Å². The van der Waals surface area contributed by atoms with Crippen molar-refractivity contribution >= 4 is 21.8 Å². The highest BCUT2D eigenvalue weighted by Gasteiger charge is 2.05. The molecule has 0 aliphatic heterocycles. The van der Waals surface area contributed by atoms with Crippen LogP contribution >= 0.6 is 15.9 Å². The Kier molecular flexibility index (Phi) is 3.87. The van der Waals surface area contributed by atoms with Crippen molar-refractivity contribution in [3.8, 4) is 0 Å². The molecule has 1 heterocycles. The third-order valence-corrected chi connectivity index (χ3v) is 2.69. The summed E-state index contributed by atoms with van der Waals surface area (Å²) in [5, 5.41) is 9.29. The quantitative estimate of drug-likeness (QED) is 0.899. The summed E-state index contributed by atoms with van der Waals surface area (Å²) in [6.45, 7) is 0.528. The first-order valence-electron chi connectivity index (χ1n) is 5.14. The molecule has 0 spiro atoms. The molecule has 2 N–H and O–H groups in total. The number of aromatic nitrogens is 3. The Morgan fingerprint density at radius 3 is 3.06 bits per heavy atom. The molecular formula is C11H11BrN4O. The van der Waals surface area contributed by atoms with Crippen LogP contribution in [0.1, 0.15) is 16.2 Å². The summed E-state index contributed by atoms with van der Waals surface area (Å²) < 4.78 is 0.889. The zero-order chi connectivity index (χ0) is 12.1. The van der Waals surface area contributed by atoms with Gasteiger partial charge in [0.15, 0.2) is 0 Å². The van der Waals surface area contributed by atoms with Gasteiger partial charge in [0.25, 0.3) is 5.91 Å². The molecule has 0 saturated carbocycles. The molecule has 17 heavy (non-hydrogen) atoms. The number of amides is 1. The predicted octanol–water partition coefficient (Wildman–Crippen LogP) is 1.54. The lowest BCUT2D eigenvalue weighted by Crippen LogP contribution is -2.25. The van der Waals surface area contributed by atoms with E-state index in [4.69, 9.17) is 0 Å². The van der Waals surface area contributed by atoms with Gasteiger partial charge >= 0.3 is 0 Å². The van der Waals surface area contributed by atoms with Crippen molar-refractivity contribution in [3.05, 3.63) is 46.5 Å². The molecule has 5 nitrogen and oxygen atoms in total. The fourth-order valence-corrected chi connectivity index (χ4v) is 1.78. The van der Waals surface area contributed by atoms with Crippen LogP contribution in [-0.4, -0.2) is 27.6 Å². The molecule has 0 fully saturated rings. The Bertz CT molecular complexity index is 498. The Morgan fingerprint density at radius 2 is 2.35 bits per heavy atom. The van der Waals surface area contributed by atoms with Gasteiger partial charge in [-0.1, -0.05) is 22.0 Å². The second kappa shape index (κ2) is 5.58. The van der Waals surface area contributed by atoms with Gasteiger partial charge in [0.1, 0.15) is 12.2 Å². The first kappa shape index (κ1) is 11.8. The van der Waals surface area contributed by atoms with Crippen LogP contribution in [0, 0.1) is 0 Å². The number of nitrogens with one attached hydrogen (secondary N) is 2. The van der Waals surface area contributed by atoms with Gasteiger partial charge in [-0.15, -0.1) is 0 Å². The number of aromatic amines is 1. The summed E-state index contributed by atoms with van der Waals surface area (Å²) in [7, 11) is 0. The second-order valence-electron chi connectivity index (χ2n) is 3.45. The normalized spacial score (nSPS) is 10.2. The molecule has 0 bridgehead atoms. The van der Waals surface area contributed by atoms with Crippen LogP contribution in [0.3, 0.4) is 0 Å². The zero-order valence-electron chi connectivity index (χ0n) is 8.98. The summed E-state index contributed by atoms with van der Waals surface area (Å²) in [5.41, 5.74) is 0.636. The fraction of sp³-hybridized carbons (Fsp3) is 0.182. The summed E-state index contributed by atoms with van der Waals surface area (Å²) in [6, 6.07) is 7.26. The van der Waals surface area contributed by atoms with Gasteiger partial charge < -0.3 is 5.32 Å². The molecule has 88 valence electrons. The van der Waals surface area contributed by atoms with Crippen molar-refractivity contribution < 1.29 is 4.79 Å². The van der Waals surface area contributed by atoms with Crippen LogP contribution in [0.15, 0.2) is 35.1 Å². The molecule has 0 atom stereocenters. The minimum absolute atomic E-state index is 0.0918. The minimum Gasteiger partial charge on any atom is -0.352 e. The van der Waals surface area contributed by atoms with Gasteiger partial charge in [-0.3, -0.25) is 9.89 Å². The van der Waals surface area contributed by atoms with Crippen molar-refractivity contribution in [3.63, 3.8) is 0 Å². The molecule has 0 aliphatic carbocycles. The summed E-state index contributed by atoms with van der Waals surface area (Å²) in [5.74, 6) is 0.672. The lowest BCUT2D eigenvalue weighted by atomic mass is 10.2. The van der Waals surface area contributed by atoms with Gasteiger partial charge in [-0.05, 0) is 18.2 Å². The standard InChI is InChI=1S/C11H11BrN4O/c12-9-3-1-2-8(6-9)11(17)13-5-4-10-14-7-15-16-10/h1-3,6-7H,4-5H2,(H,13,17)(H,14,15,16). The maximum Gasteiger partial charge on any atom is 0.251 e. The number of rotatable bonds is 4. The van der Waals surface area contributed by atoms with Crippen LogP contribution in [0.2, 0.25) is 0 Å². The average molecular weight is 295 g/mol. The Morgan fingerprint density at radius 1 is 1.47 bits per heavy atom. The minimum atomic E-state index is -0.0918. The number of H-pyrrole nitrogens is 1. The smallest absolute Gasteiger partial charge is 0.251 e. The van der Waals surface area contributed by atoms with E-state index < -0.39 is 0 Å². The van der Waals surface area contributed by atoms with Crippen molar-refractivity contribution in [2.45, 2.75) is 6.42 Å². The molecule has 0 aliphatic rings. The highest BCUT2D eigenvalue weighted by atomic mass is 79.9. The average Bonchev–Trinajstić information content (AvgIpc) is 2.82. The number of carbonyl (C=O) groups is 1. The Labute approximate surface area is 107 Å². The highest BCUT2D eigenvalue weighted by Crippen LogP contribution is 2.11. The number of halogens is 1. The van der Waals surface area contributed by atoms with E-state index in [1.54, 1.807) is 12.1 Å². The number of hydrogen-bond acceptors (Lipinski definition) is 3. The first-order chi connectivity index (χ1) is 8.25. The number of nitrogens with zero attached hydrogens (tertiary/aromatic N) is 2. The molecule has 6 heteroatoms. The third-order valence-electron chi connectivity index (χ3n) is 2.20. The zero-order valence-corrected chi connectivity index (χ0v) is 10.6. The van der Waals surface area contributed by atoms with Crippen molar-refractivity contribution in [2.24, 2.45) is 0 Å². The van der Waals surface area contributed by atoms with Crippen molar-refractivity contribution in [1.82, 2.24) is 20.5 Å². The van der Waals surface area contributed by atoms with E-state index in [0.29, 0.717) is 18.5 Å². The number of carbonyl (C=O) groups excluding carboxylic acids is 1. The Hall–Kier alpha value is -1.69. The maximum atomic E-state index is 11.7. The largest absolute Gasteiger partial charge is 0.352 e.